The van der Waals surface area contributed by atoms with Crippen molar-refractivity contribution in [3.63, 3.8) is 0 Å². The maximum Gasteiger partial charge on any atom is 0.350 e. The molecule has 0 aromatic heterocycles. The van der Waals surface area contributed by atoms with Crippen LogP contribution in [0.3, 0.4) is 0 Å². The Bertz CT molecular complexity index is 485. The summed E-state index contributed by atoms with van der Waals surface area (Å²) in [5.41, 5.74) is 0. The molecule has 2 aliphatic rings. The van der Waals surface area contributed by atoms with Gasteiger partial charge in [0.25, 0.3) is 0 Å². The molecule has 0 aromatic rings. The van der Waals surface area contributed by atoms with Gasteiger partial charge in [0.15, 0.2) is 12.2 Å². The summed E-state index contributed by atoms with van der Waals surface area (Å²) in [5, 5.41) is 0. The minimum absolute atomic E-state index is 0.659. The fraction of sp³-hybridized carbons (Fsp3) is 0.667. The van der Waals surface area contributed by atoms with Crippen molar-refractivity contribution in [1.29, 1.82) is 0 Å². The van der Waals surface area contributed by atoms with Crippen LogP contribution in [0.5, 0.6) is 0 Å². The van der Waals surface area contributed by atoms with Gasteiger partial charge in [-0.25, -0.2) is 4.79 Å². The molecule has 0 aliphatic carbocycles. The van der Waals surface area contributed by atoms with Gasteiger partial charge in [-0.3, -0.25) is 14.4 Å². The molecule has 9 nitrogen and oxygen atoms in total. The van der Waals surface area contributed by atoms with Gasteiger partial charge in [0.2, 0.25) is 18.5 Å². The molecule has 0 amide bonds. The largest absolute Gasteiger partial charge is 0.452 e. The highest BCUT2D eigenvalue weighted by Gasteiger charge is 2.61. The van der Waals surface area contributed by atoms with Crippen LogP contribution in [0.2, 0.25) is 0 Å². The molecule has 21 heavy (non-hydrogen) atoms. The summed E-state index contributed by atoms with van der Waals surface area (Å²) < 4.78 is 25.1. The molecule has 5 atom stereocenters. The third kappa shape index (κ3) is 3.13. The van der Waals surface area contributed by atoms with Crippen LogP contribution in [0.1, 0.15) is 20.8 Å². The molecule has 0 unspecified atom stereocenters. The zero-order chi connectivity index (χ0) is 15.7. The highest BCUT2D eigenvalue weighted by molar-refractivity contribution is 5.82. The van der Waals surface area contributed by atoms with E-state index in [1.165, 1.54) is 0 Å². The number of fused-ring (bicyclic) bond motifs is 1. The summed E-state index contributed by atoms with van der Waals surface area (Å²) in [6, 6.07) is 0. The molecule has 116 valence electrons. The van der Waals surface area contributed by atoms with Crippen molar-refractivity contribution in [1.82, 2.24) is 0 Å². The van der Waals surface area contributed by atoms with Crippen LogP contribution in [0.4, 0.5) is 0 Å². The molecule has 0 spiro atoms. The molecule has 2 rings (SSSR count). The SMILES string of the molecule is CC(=O)O[C@@H]1O[C@H]2[C@@H](OC(=O)[C@H]2OC(C)=O)[C@@H]1OC(C)=O. The maximum absolute atomic E-state index is 11.7. The second kappa shape index (κ2) is 5.68. The normalized spacial score (nSPS) is 33.9. The highest BCUT2D eigenvalue weighted by atomic mass is 16.8. The average Bonchev–Trinajstić information content (AvgIpc) is 2.78. The first-order valence-electron chi connectivity index (χ1n) is 6.17. The van der Waals surface area contributed by atoms with Gasteiger partial charge in [-0.1, -0.05) is 0 Å². The van der Waals surface area contributed by atoms with E-state index in [-0.39, 0.29) is 0 Å². The van der Waals surface area contributed by atoms with Crippen LogP contribution < -0.4 is 0 Å². The Morgan fingerprint density at radius 2 is 1.48 bits per heavy atom. The van der Waals surface area contributed by atoms with Crippen LogP contribution in [-0.4, -0.2) is 54.6 Å². The van der Waals surface area contributed by atoms with Crippen LogP contribution in [0, 0.1) is 0 Å². The minimum Gasteiger partial charge on any atom is -0.452 e. The van der Waals surface area contributed by atoms with E-state index in [2.05, 4.69) is 0 Å². The highest BCUT2D eigenvalue weighted by Crippen LogP contribution is 2.35. The zero-order valence-electron chi connectivity index (χ0n) is 11.6. The fourth-order valence-electron chi connectivity index (χ4n) is 2.23. The smallest absolute Gasteiger partial charge is 0.350 e. The van der Waals surface area contributed by atoms with Crippen LogP contribution >= 0.6 is 0 Å². The Morgan fingerprint density at radius 3 is 2.00 bits per heavy atom. The lowest BCUT2D eigenvalue weighted by atomic mass is 10.1. The molecule has 0 aromatic carbocycles. The topological polar surface area (TPSA) is 114 Å². The molecular weight excluding hydrogens is 288 g/mol. The maximum atomic E-state index is 11.7. The molecule has 0 bridgehead atoms. The summed E-state index contributed by atoms with van der Waals surface area (Å²) >= 11 is 0. The van der Waals surface area contributed by atoms with Crippen molar-refractivity contribution >= 4 is 23.9 Å². The Kier molecular flexibility index (Phi) is 4.12. The van der Waals surface area contributed by atoms with E-state index in [4.69, 9.17) is 23.7 Å². The van der Waals surface area contributed by atoms with Crippen molar-refractivity contribution in [3.8, 4) is 0 Å². The Morgan fingerprint density at radius 1 is 0.905 bits per heavy atom. The first-order valence-corrected chi connectivity index (χ1v) is 6.17. The second-order valence-electron chi connectivity index (χ2n) is 4.58. The fourth-order valence-corrected chi connectivity index (χ4v) is 2.23. The predicted octanol–water partition coefficient (Wildman–Crippen LogP) is -0.937. The lowest BCUT2D eigenvalue weighted by Crippen LogP contribution is -2.38. The first kappa shape index (κ1) is 15.2. The van der Waals surface area contributed by atoms with Crippen LogP contribution in [0.25, 0.3) is 0 Å². The van der Waals surface area contributed by atoms with Gasteiger partial charge >= 0.3 is 23.9 Å². The van der Waals surface area contributed by atoms with Gasteiger partial charge in [-0.05, 0) is 0 Å². The van der Waals surface area contributed by atoms with E-state index < -0.39 is 54.6 Å². The molecule has 0 saturated carbocycles. The number of carbonyl (C=O) groups excluding carboxylic acids is 4. The number of carbonyl (C=O) groups is 4. The molecule has 2 fully saturated rings. The number of hydrogen-bond acceptors (Lipinski definition) is 9. The summed E-state index contributed by atoms with van der Waals surface area (Å²) in [4.78, 5) is 44.8. The van der Waals surface area contributed by atoms with E-state index in [9.17, 15) is 19.2 Å². The number of rotatable bonds is 3. The molecule has 2 aliphatic heterocycles. The molecule has 2 heterocycles. The average molecular weight is 302 g/mol. The van der Waals surface area contributed by atoms with Gasteiger partial charge < -0.3 is 23.7 Å². The summed E-state index contributed by atoms with van der Waals surface area (Å²) in [6.07, 6.45) is -5.63. The van der Waals surface area contributed by atoms with Crippen LogP contribution in [0.15, 0.2) is 0 Å². The quantitative estimate of drug-likeness (QED) is 0.481. The molecule has 0 N–H and O–H groups in total. The van der Waals surface area contributed by atoms with Crippen LogP contribution in [-0.2, 0) is 42.9 Å². The van der Waals surface area contributed by atoms with Crippen molar-refractivity contribution in [2.45, 2.75) is 51.5 Å². The summed E-state index contributed by atoms with van der Waals surface area (Å²) in [7, 11) is 0. The van der Waals surface area contributed by atoms with Gasteiger partial charge in [0.05, 0.1) is 0 Å². The van der Waals surface area contributed by atoms with Crippen molar-refractivity contribution in [2.75, 3.05) is 0 Å². The zero-order valence-corrected chi connectivity index (χ0v) is 11.6. The third-order valence-corrected chi connectivity index (χ3v) is 2.87. The minimum atomic E-state index is -1.29. The number of ether oxygens (including phenoxy) is 5. The van der Waals surface area contributed by atoms with E-state index >= 15 is 0 Å². The molecule has 9 heteroatoms. The Hall–Kier alpha value is -2.16. The second-order valence-corrected chi connectivity index (χ2v) is 4.58. The number of hydrogen-bond donors (Lipinski definition) is 0. The number of esters is 4. The van der Waals surface area contributed by atoms with E-state index in [1.807, 2.05) is 0 Å². The molecule has 2 saturated heterocycles. The monoisotopic (exact) mass is 302 g/mol. The standard InChI is InChI=1S/C12H14O9/c1-4(13)17-9-7-8(20-11(9)16)10(18-5(2)14)12(21-7)19-6(3)15/h7-10,12H,1-3H3/t7-,8+,9-,10-,12+/m0/s1. The van der Waals surface area contributed by atoms with Gasteiger partial charge in [0, 0.05) is 20.8 Å². The Labute approximate surface area is 119 Å². The predicted molar refractivity (Wildman–Crippen MR) is 61.4 cm³/mol. The van der Waals surface area contributed by atoms with Gasteiger partial charge in [-0.2, -0.15) is 0 Å². The summed E-state index contributed by atoms with van der Waals surface area (Å²) in [6.45, 7) is 3.43. The molecule has 0 radical (unpaired) electrons. The lowest BCUT2D eigenvalue weighted by molar-refractivity contribution is -0.205. The Balaban J connectivity index is 2.19. The van der Waals surface area contributed by atoms with E-state index in [0.29, 0.717) is 0 Å². The van der Waals surface area contributed by atoms with E-state index in [1.54, 1.807) is 0 Å². The van der Waals surface area contributed by atoms with Crippen molar-refractivity contribution in [2.24, 2.45) is 0 Å². The van der Waals surface area contributed by atoms with Gasteiger partial charge in [-0.15, -0.1) is 0 Å². The lowest BCUT2D eigenvalue weighted by Gasteiger charge is -2.20. The van der Waals surface area contributed by atoms with Gasteiger partial charge in [0.1, 0.15) is 0 Å². The molecular formula is C12H14O9. The van der Waals surface area contributed by atoms with E-state index in [0.717, 1.165) is 20.8 Å². The summed E-state index contributed by atoms with van der Waals surface area (Å²) in [5.74, 6) is -2.82. The first-order chi connectivity index (χ1) is 9.79. The van der Waals surface area contributed by atoms with Crippen molar-refractivity contribution in [3.05, 3.63) is 0 Å². The third-order valence-electron chi connectivity index (χ3n) is 2.87. The van der Waals surface area contributed by atoms with Crippen molar-refractivity contribution < 1.29 is 42.9 Å².